The molecule has 1 aliphatic carbocycles. The Kier molecular flexibility index (Phi) is 6.66. The van der Waals surface area contributed by atoms with E-state index in [-0.39, 0.29) is 6.10 Å². The quantitative estimate of drug-likeness (QED) is 0.543. The molecular formula is C15H27NOSi. The van der Waals surface area contributed by atoms with Crippen molar-refractivity contribution in [3.05, 3.63) is 11.6 Å². The highest BCUT2D eigenvalue weighted by Crippen LogP contribution is 2.22. The molecule has 0 aromatic rings. The topological polar surface area (TPSA) is 33.0 Å². The Hall–Kier alpha value is -0.593. The first-order valence-corrected chi connectivity index (χ1v) is 10.7. The van der Waals surface area contributed by atoms with E-state index >= 15 is 0 Å². The molecule has 0 aliphatic heterocycles. The van der Waals surface area contributed by atoms with Crippen LogP contribution >= 0.6 is 0 Å². The smallest absolute Gasteiger partial charge is 0.185 e. The van der Waals surface area contributed by atoms with Crippen LogP contribution in [0.3, 0.4) is 0 Å². The molecule has 0 fully saturated rings. The molecule has 1 aliphatic rings. The molecule has 0 radical (unpaired) electrons. The molecule has 0 bridgehead atoms. The van der Waals surface area contributed by atoms with Gasteiger partial charge in [0.1, 0.15) is 0 Å². The highest BCUT2D eigenvalue weighted by atomic mass is 28.4. The van der Waals surface area contributed by atoms with E-state index in [4.69, 9.17) is 4.43 Å². The van der Waals surface area contributed by atoms with Gasteiger partial charge in [-0.2, -0.15) is 5.26 Å². The van der Waals surface area contributed by atoms with Crippen molar-refractivity contribution in [2.24, 2.45) is 0 Å². The Morgan fingerprint density at radius 3 is 2.33 bits per heavy atom. The summed E-state index contributed by atoms with van der Waals surface area (Å²) in [7, 11) is -1.64. The number of rotatable bonds is 3. The molecule has 0 aromatic heterocycles. The van der Waals surface area contributed by atoms with Gasteiger partial charge in [0.25, 0.3) is 0 Å². The predicted octanol–water partition coefficient (Wildman–Crippen LogP) is 4.79. The SMILES string of the molecule is C[Si](C)(C)OC(C#N)/C1=C/CCCCCCCC1. The minimum absolute atomic E-state index is 0.295. The molecule has 0 N–H and O–H groups in total. The van der Waals surface area contributed by atoms with Gasteiger partial charge in [-0.25, -0.2) is 0 Å². The minimum atomic E-state index is -1.64. The van der Waals surface area contributed by atoms with Crippen LogP contribution in [-0.2, 0) is 4.43 Å². The van der Waals surface area contributed by atoms with Crippen molar-refractivity contribution in [3.63, 3.8) is 0 Å². The molecule has 0 saturated carbocycles. The Morgan fingerprint density at radius 1 is 1.11 bits per heavy atom. The van der Waals surface area contributed by atoms with Gasteiger partial charge in [-0.05, 0) is 50.9 Å². The van der Waals surface area contributed by atoms with Crippen molar-refractivity contribution >= 4 is 8.32 Å². The third-order valence-electron chi connectivity index (χ3n) is 3.25. The fourth-order valence-corrected chi connectivity index (χ4v) is 3.26. The summed E-state index contributed by atoms with van der Waals surface area (Å²) in [6.07, 6.45) is 11.9. The van der Waals surface area contributed by atoms with Crippen LogP contribution in [0.1, 0.15) is 51.4 Å². The van der Waals surface area contributed by atoms with Crippen molar-refractivity contribution in [2.45, 2.75) is 77.1 Å². The van der Waals surface area contributed by atoms with Gasteiger partial charge in [0.15, 0.2) is 14.4 Å². The molecule has 0 heterocycles. The van der Waals surface area contributed by atoms with E-state index in [0.717, 1.165) is 12.8 Å². The minimum Gasteiger partial charge on any atom is -0.399 e. The molecule has 0 saturated heterocycles. The van der Waals surface area contributed by atoms with Crippen LogP contribution in [0.2, 0.25) is 19.6 Å². The van der Waals surface area contributed by atoms with Gasteiger partial charge in [-0.3, -0.25) is 0 Å². The summed E-state index contributed by atoms with van der Waals surface area (Å²) in [6, 6.07) is 2.36. The van der Waals surface area contributed by atoms with E-state index in [2.05, 4.69) is 31.8 Å². The number of hydrogen-bond acceptors (Lipinski definition) is 2. The van der Waals surface area contributed by atoms with Crippen LogP contribution in [0.15, 0.2) is 11.6 Å². The van der Waals surface area contributed by atoms with Crippen molar-refractivity contribution < 1.29 is 4.43 Å². The van der Waals surface area contributed by atoms with Crippen LogP contribution in [0.25, 0.3) is 0 Å². The fourth-order valence-electron chi connectivity index (χ4n) is 2.35. The lowest BCUT2D eigenvalue weighted by molar-refractivity contribution is 0.277. The van der Waals surface area contributed by atoms with Crippen molar-refractivity contribution in [2.75, 3.05) is 0 Å². The second kappa shape index (κ2) is 7.76. The van der Waals surface area contributed by atoms with Gasteiger partial charge in [-0.1, -0.05) is 31.8 Å². The monoisotopic (exact) mass is 265 g/mol. The van der Waals surface area contributed by atoms with Gasteiger partial charge in [-0.15, -0.1) is 0 Å². The molecule has 0 aromatic carbocycles. The molecule has 102 valence electrons. The maximum Gasteiger partial charge on any atom is 0.185 e. The molecule has 0 spiro atoms. The van der Waals surface area contributed by atoms with E-state index in [9.17, 15) is 5.26 Å². The zero-order chi connectivity index (χ0) is 13.4. The molecule has 3 heteroatoms. The van der Waals surface area contributed by atoms with Crippen LogP contribution < -0.4 is 0 Å². The number of hydrogen-bond donors (Lipinski definition) is 0. The van der Waals surface area contributed by atoms with Crippen molar-refractivity contribution in [1.29, 1.82) is 5.26 Å². The molecule has 18 heavy (non-hydrogen) atoms. The maximum absolute atomic E-state index is 9.34. The average molecular weight is 265 g/mol. The van der Waals surface area contributed by atoms with Crippen molar-refractivity contribution in [3.8, 4) is 6.07 Å². The van der Waals surface area contributed by atoms with Gasteiger partial charge in [0.05, 0.1) is 6.07 Å². The summed E-state index contributed by atoms with van der Waals surface area (Å²) < 4.78 is 6.00. The van der Waals surface area contributed by atoms with Gasteiger partial charge in [0, 0.05) is 0 Å². The molecule has 0 amide bonds. The molecule has 1 atom stereocenters. The van der Waals surface area contributed by atoms with Gasteiger partial charge in [0.2, 0.25) is 0 Å². The third-order valence-corrected chi connectivity index (χ3v) is 4.19. The lowest BCUT2D eigenvalue weighted by Gasteiger charge is -2.24. The number of allylic oxidation sites excluding steroid dienone is 1. The fraction of sp³-hybridized carbons (Fsp3) is 0.800. The normalized spacial score (nSPS) is 23.6. The largest absolute Gasteiger partial charge is 0.399 e. The van der Waals surface area contributed by atoms with E-state index in [1.54, 1.807) is 0 Å². The Morgan fingerprint density at radius 2 is 1.72 bits per heavy atom. The van der Waals surface area contributed by atoms with Crippen LogP contribution in [0, 0.1) is 11.3 Å². The summed E-state index contributed by atoms with van der Waals surface area (Å²) in [5, 5.41) is 9.34. The number of nitrogens with zero attached hydrogens (tertiary/aromatic N) is 1. The predicted molar refractivity (Wildman–Crippen MR) is 78.9 cm³/mol. The number of nitriles is 1. The van der Waals surface area contributed by atoms with E-state index in [1.807, 2.05) is 0 Å². The lowest BCUT2D eigenvalue weighted by Crippen LogP contribution is -2.32. The Labute approximate surface area is 113 Å². The highest BCUT2D eigenvalue weighted by Gasteiger charge is 2.23. The van der Waals surface area contributed by atoms with E-state index in [0.29, 0.717) is 0 Å². The van der Waals surface area contributed by atoms with E-state index in [1.165, 1.54) is 44.1 Å². The summed E-state index contributed by atoms with van der Waals surface area (Å²) in [5.41, 5.74) is 1.24. The zero-order valence-corrected chi connectivity index (χ0v) is 13.2. The van der Waals surface area contributed by atoms with Gasteiger partial charge < -0.3 is 4.43 Å². The summed E-state index contributed by atoms with van der Waals surface area (Å²) in [4.78, 5) is 0. The van der Waals surface area contributed by atoms with E-state index < -0.39 is 8.32 Å². The Bertz CT molecular complexity index is 311. The second-order valence-corrected chi connectivity index (χ2v) is 10.6. The average Bonchev–Trinajstić information content (AvgIpc) is 2.32. The third kappa shape index (κ3) is 6.37. The summed E-state index contributed by atoms with van der Waals surface area (Å²) in [5.74, 6) is 0. The highest BCUT2D eigenvalue weighted by molar-refractivity contribution is 6.69. The maximum atomic E-state index is 9.34. The lowest BCUT2D eigenvalue weighted by atomic mass is 9.97. The summed E-state index contributed by atoms with van der Waals surface area (Å²) >= 11 is 0. The standard InChI is InChI=1S/C15H27NOSi/c1-18(2,3)17-15(13-16)14-11-9-7-5-4-6-8-10-12-14/h11,15H,4-10,12H2,1-3H3/b14-11+. The van der Waals surface area contributed by atoms with Gasteiger partial charge >= 0.3 is 0 Å². The molecule has 1 unspecified atom stereocenters. The summed E-state index contributed by atoms with van der Waals surface area (Å²) in [6.45, 7) is 6.45. The first kappa shape index (κ1) is 15.5. The molecular weight excluding hydrogens is 238 g/mol. The second-order valence-electron chi connectivity index (χ2n) is 6.18. The van der Waals surface area contributed by atoms with Crippen LogP contribution in [0.5, 0.6) is 0 Å². The zero-order valence-electron chi connectivity index (χ0n) is 12.2. The molecule has 1 rings (SSSR count). The van der Waals surface area contributed by atoms with Crippen molar-refractivity contribution in [1.82, 2.24) is 0 Å². The van der Waals surface area contributed by atoms with Crippen LogP contribution in [-0.4, -0.2) is 14.4 Å². The Balaban J connectivity index is 2.67. The van der Waals surface area contributed by atoms with Crippen LogP contribution in [0.4, 0.5) is 0 Å². The first-order chi connectivity index (χ1) is 8.53. The first-order valence-electron chi connectivity index (χ1n) is 7.29. The molecule has 2 nitrogen and oxygen atoms in total.